The predicted octanol–water partition coefficient (Wildman–Crippen LogP) is 3.52. The second-order valence-electron chi connectivity index (χ2n) is 11.5. The van der Waals surface area contributed by atoms with Crippen molar-refractivity contribution in [1.82, 2.24) is 9.80 Å². The number of hydrogen-bond acceptors (Lipinski definition) is 5. The van der Waals surface area contributed by atoms with Crippen LogP contribution in [0.15, 0.2) is 54.6 Å². The molecular weight excluding hydrogens is 504 g/mol. The quantitative estimate of drug-likeness (QED) is 0.387. The molecule has 2 N–H and O–H groups in total. The van der Waals surface area contributed by atoms with Gasteiger partial charge in [-0.3, -0.25) is 19.3 Å². The van der Waals surface area contributed by atoms with Gasteiger partial charge in [-0.05, 0) is 63.1 Å². The number of anilines is 1. The van der Waals surface area contributed by atoms with Gasteiger partial charge >= 0.3 is 0 Å². The predicted molar refractivity (Wildman–Crippen MR) is 157 cm³/mol. The van der Waals surface area contributed by atoms with E-state index in [1.54, 1.807) is 7.11 Å². The van der Waals surface area contributed by atoms with Crippen LogP contribution in [0.3, 0.4) is 0 Å². The molecule has 8 nitrogen and oxygen atoms in total. The van der Waals surface area contributed by atoms with E-state index in [9.17, 15) is 14.4 Å². The number of methoxy groups -OCH3 is 1. The minimum absolute atomic E-state index is 0.0647. The molecule has 216 valence electrons. The number of carbonyl (C=O) groups excluding carboxylic acids is 3. The van der Waals surface area contributed by atoms with Gasteiger partial charge in [-0.1, -0.05) is 48.5 Å². The van der Waals surface area contributed by atoms with Gasteiger partial charge < -0.3 is 20.3 Å². The number of primary amides is 1. The Balaban J connectivity index is 1.48. The van der Waals surface area contributed by atoms with Gasteiger partial charge in [0.2, 0.25) is 17.7 Å². The van der Waals surface area contributed by atoms with Gasteiger partial charge in [0.25, 0.3) is 0 Å². The van der Waals surface area contributed by atoms with Crippen LogP contribution >= 0.6 is 0 Å². The van der Waals surface area contributed by atoms with E-state index in [1.165, 1.54) is 5.56 Å². The molecule has 0 unspecified atom stereocenters. The first-order valence-electron chi connectivity index (χ1n) is 14.5. The summed E-state index contributed by atoms with van der Waals surface area (Å²) < 4.78 is 5.27. The molecule has 2 aliphatic heterocycles. The zero-order chi connectivity index (χ0) is 28.7. The zero-order valence-electron chi connectivity index (χ0n) is 24.2. The number of amides is 3. The Morgan fingerprint density at radius 2 is 1.73 bits per heavy atom. The number of nitrogens with two attached hydrogens (primary N) is 1. The Hall–Kier alpha value is -3.23. The van der Waals surface area contributed by atoms with Crippen molar-refractivity contribution in [1.29, 1.82) is 0 Å². The van der Waals surface area contributed by atoms with Gasteiger partial charge in [0, 0.05) is 58.0 Å². The zero-order valence-corrected chi connectivity index (χ0v) is 24.2. The van der Waals surface area contributed by atoms with Crippen molar-refractivity contribution in [3.63, 3.8) is 0 Å². The molecule has 2 heterocycles. The minimum atomic E-state index is -0.546. The summed E-state index contributed by atoms with van der Waals surface area (Å²) in [7, 11) is 1.67. The van der Waals surface area contributed by atoms with Gasteiger partial charge in [-0.25, -0.2) is 0 Å². The van der Waals surface area contributed by atoms with Crippen LogP contribution in [0.1, 0.15) is 57.1 Å². The average molecular weight is 549 g/mol. The summed E-state index contributed by atoms with van der Waals surface area (Å²) in [6, 6.07) is 17.9. The lowest BCUT2D eigenvalue weighted by atomic mass is 9.86. The summed E-state index contributed by atoms with van der Waals surface area (Å²) in [5, 5.41) is 0. The molecular formula is C32H44N4O4. The second-order valence-corrected chi connectivity index (χ2v) is 11.5. The molecule has 0 bridgehead atoms. The lowest BCUT2D eigenvalue weighted by Crippen LogP contribution is -2.54. The lowest BCUT2D eigenvalue weighted by Gasteiger charge is -2.40. The molecule has 0 spiro atoms. The van der Waals surface area contributed by atoms with Gasteiger partial charge in [0.15, 0.2) is 0 Å². The Labute approximate surface area is 238 Å². The van der Waals surface area contributed by atoms with Crippen molar-refractivity contribution in [3.05, 3.63) is 65.7 Å². The number of para-hydroxylation sites is 1. The van der Waals surface area contributed by atoms with E-state index in [4.69, 9.17) is 10.5 Å². The summed E-state index contributed by atoms with van der Waals surface area (Å²) in [5.74, 6) is -0.148. The maximum atomic E-state index is 14.1. The Bertz CT molecular complexity index is 1160. The topological polar surface area (TPSA) is 96.2 Å². The summed E-state index contributed by atoms with van der Waals surface area (Å²) in [5.41, 5.74) is 8.20. The van der Waals surface area contributed by atoms with Gasteiger partial charge in [-0.15, -0.1) is 0 Å². The van der Waals surface area contributed by atoms with Crippen molar-refractivity contribution >= 4 is 23.4 Å². The molecule has 2 aliphatic rings. The van der Waals surface area contributed by atoms with E-state index in [0.717, 1.165) is 36.9 Å². The van der Waals surface area contributed by atoms with Gasteiger partial charge in [0.1, 0.15) is 0 Å². The number of nitrogens with zero attached hydrogens (tertiary/aromatic N) is 3. The first kappa shape index (κ1) is 29.7. The summed E-state index contributed by atoms with van der Waals surface area (Å²) in [4.78, 5) is 45.3. The highest BCUT2D eigenvalue weighted by Crippen LogP contribution is 2.43. The third kappa shape index (κ3) is 6.73. The number of rotatable bonds is 13. The molecule has 0 saturated carbocycles. The molecule has 1 fully saturated rings. The number of piperidine rings is 1. The molecule has 8 heteroatoms. The number of carbonyl (C=O) groups is 3. The largest absolute Gasteiger partial charge is 0.385 e. The van der Waals surface area contributed by atoms with Crippen molar-refractivity contribution < 1.29 is 19.1 Å². The first-order chi connectivity index (χ1) is 19.2. The molecule has 1 saturated heterocycles. The van der Waals surface area contributed by atoms with E-state index >= 15 is 0 Å². The van der Waals surface area contributed by atoms with Crippen molar-refractivity contribution in [2.45, 2.75) is 69.9 Å². The highest BCUT2D eigenvalue weighted by Gasteiger charge is 2.47. The van der Waals surface area contributed by atoms with Crippen molar-refractivity contribution in [2.24, 2.45) is 5.73 Å². The Morgan fingerprint density at radius 1 is 1.05 bits per heavy atom. The van der Waals surface area contributed by atoms with Crippen LogP contribution in [0.5, 0.6) is 0 Å². The number of aryl methyl sites for hydroxylation is 1. The van der Waals surface area contributed by atoms with Crippen molar-refractivity contribution in [2.75, 3.05) is 44.8 Å². The fraction of sp³-hybridized carbons (Fsp3) is 0.531. The number of ether oxygens (including phenoxy) is 1. The van der Waals surface area contributed by atoms with E-state index in [0.29, 0.717) is 39.2 Å². The number of benzene rings is 2. The lowest BCUT2D eigenvalue weighted by molar-refractivity contribution is -0.139. The van der Waals surface area contributed by atoms with Gasteiger partial charge in [-0.2, -0.15) is 0 Å². The molecule has 0 aliphatic carbocycles. The number of fused-ring (bicyclic) bond motifs is 1. The summed E-state index contributed by atoms with van der Waals surface area (Å²) in [6.07, 6.45) is 3.85. The van der Waals surface area contributed by atoms with Crippen molar-refractivity contribution in [3.8, 4) is 0 Å². The summed E-state index contributed by atoms with van der Waals surface area (Å²) >= 11 is 0. The number of hydrogen-bond donors (Lipinski definition) is 1. The van der Waals surface area contributed by atoms with Crippen LogP contribution in [-0.4, -0.2) is 79.5 Å². The van der Waals surface area contributed by atoms with E-state index in [2.05, 4.69) is 17.0 Å². The van der Waals surface area contributed by atoms with Crippen LogP contribution in [0.2, 0.25) is 0 Å². The SMILES string of the molecule is COCCCN(CCC(N)=O)[C@@H](CCc1ccccc1)C(=O)N1CCC(N2C(=O)C(C)(C)c3ccccc32)CC1. The van der Waals surface area contributed by atoms with E-state index in [-0.39, 0.29) is 36.2 Å². The third-order valence-electron chi connectivity index (χ3n) is 8.45. The Kier molecular flexibility index (Phi) is 9.98. The highest BCUT2D eigenvalue weighted by atomic mass is 16.5. The standard InChI is InChI=1S/C32H44N4O4/c1-32(2)26-12-7-8-13-27(26)36(31(32)39)25-16-20-35(21-17-25)30(38)28(15-14-24-10-5-4-6-11-24)34(19-9-23-40-3)22-18-29(33)37/h4-8,10-13,25,28H,9,14-23H2,1-3H3,(H2,33,37)/t28-/m0/s1. The molecule has 2 aromatic rings. The summed E-state index contributed by atoms with van der Waals surface area (Å²) in [6.45, 7) is 6.85. The number of likely N-dealkylation sites (tertiary alicyclic amines) is 1. The maximum absolute atomic E-state index is 14.1. The smallest absolute Gasteiger partial charge is 0.239 e. The van der Waals surface area contributed by atoms with E-state index in [1.807, 2.05) is 66.1 Å². The maximum Gasteiger partial charge on any atom is 0.239 e. The minimum Gasteiger partial charge on any atom is -0.385 e. The van der Waals surface area contributed by atoms with Crippen LogP contribution in [0.25, 0.3) is 0 Å². The van der Waals surface area contributed by atoms with Crippen LogP contribution < -0.4 is 10.6 Å². The average Bonchev–Trinajstić information content (AvgIpc) is 3.16. The van der Waals surface area contributed by atoms with Gasteiger partial charge in [0.05, 0.1) is 11.5 Å². The molecule has 40 heavy (non-hydrogen) atoms. The first-order valence-corrected chi connectivity index (χ1v) is 14.5. The normalized spacial score (nSPS) is 17.8. The molecule has 4 rings (SSSR count). The molecule has 1 atom stereocenters. The monoisotopic (exact) mass is 548 g/mol. The van der Waals surface area contributed by atoms with E-state index < -0.39 is 5.41 Å². The Morgan fingerprint density at radius 3 is 2.40 bits per heavy atom. The van der Waals surface area contributed by atoms with Crippen LogP contribution in [0.4, 0.5) is 5.69 Å². The fourth-order valence-corrected chi connectivity index (χ4v) is 6.16. The molecule has 0 aromatic heterocycles. The van der Waals surface area contributed by atoms with Crippen LogP contribution in [-0.2, 0) is 31.0 Å². The molecule has 0 radical (unpaired) electrons. The second kappa shape index (κ2) is 13.4. The molecule has 2 aromatic carbocycles. The highest BCUT2D eigenvalue weighted by molar-refractivity contribution is 6.08. The fourth-order valence-electron chi connectivity index (χ4n) is 6.16. The molecule has 3 amide bonds. The van der Waals surface area contributed by atoms with Crippen LogP contribution in [0, 0.1) is 0 Å². The third-order valence-corrected chi connectivity index (χ3v) is 8.45.